The van der Waals surface area contributed by atoms with Crippen LogP contribution in [-0.2, 0) is 5.60 Å². The van der Waals surface area contributed by atoms with E-state index in [0.717, 1.165) is 5.56 Å². The molecule has 0 amide bonds. The number of rotatable bonds is 5. The standard InChI is InChI=1S/C18H22O3/c1-13(2)18(19,14-9-6-5-7-10-14)17-15(20-3)11-8-12-16(17)21-4/h5-13,19H,1-4H3/t18-/m0/s1. The molecule has 112 valence electrons. The molecule has 0 radical (unpaired) electrons. The van der Waals surface area contributed by atoms with Crippen molar-refractivity contribution in [3.8, 4) is 11.5 Å². The van der Waals surface area contributed by atoms with Gasteiger partial charge in [0.25, 0.3) is 0 Å². The van der Waals surface area contributed by atoms with Crippen LogP contribution in [0.2, 0.25) is 0 Å². The lowest BCUT2D eigenvalue weighted by Crippen LogP contribution is -2.34. The van der Waals surface area contributed by atoms with Crippen LogP contribution < -0.4 is 9.47 Å². The van der Waals surface area contributed by atoms with Gasteiger partial charge in [0.2, 0.25) is 0 Å². The van der Waals surface area contributed by atoms with Gasteiger partial charge in [-0.2, -0.15) is 0 Å². The molecule has 0 unspecified atom stereocenters. The molecule has 0 fully saturated rings. The lowest BCUT2D eigenvalue weighted by atomic mass is 9.77. The molecule has 0 spiro atoms. The van der Waals surface area contributed by atoms with Gasteiger partial charge in [0.1, 0.15) is 17.1 Å². The fourth-order valence-corrected chi connectivity index (χ4v) is 2.69. The second-order valence-electron chi connectivity index (χ2n) is 5.32. The molecule has 0 bridgehead atoms. The van der Waals surface area contributed by atoms with Crippen molar-refractivity contribution in [2.75, 3.05) is 14.2 Å². The van der Waals surface area contributed by atoms with E-state index >= 15 is 0 Å². The van der Waals surface area contributed by atoms with Gasteiger partial charge in [0.15, 0.2) is 0 Å². The Morgan fingerprint density at radius 2 is 1.38 bits per heavy atom. The molecule has 0 aromatic heterocycles. The quantitative estimate of drug-likeness (QED) is 0.912. The third-order valence-corrected chi connectivity index (χ3v) is 3.86. The smallest absolute Gasteiger partial charge is 0.129 e. The molecule has 0 saturated heterocycles. The first kappa shape index (κ1) is 15.4. The number of ether oxygens (including phenoxy) is 2. The van der Waals surface area contributed by atoms with E-state index in [1.54, 1.807) is 14.2 Å². The van der Waals surface area contributed by atoms with Crippen molar-refractivity contribution < 1.29 is 14.6 Å². The number of benzene rings is 2. The topological polar surface area (TPSA) is 38.7 Å². The zero-order valence-electron chi connectivity index (χ0n) is 13.0. The Morgan fingerprint density at radius 3 is 1.81 bits per heavy atom. The van der Waals surface area contributed by atoms with Crippen LogP contribution in [0.3, 0.4) is 0 Å². The SMILES string of the molecule is COc1cccc(OC)c1[C@@](O)(c1ccccc1)C(C)C. The molecular formula is C18H22O3. The van der Waals surface area contributed by atoms with Crippen LogP contribution in [-0.4, -0.2) is 19.3 Å². The predicted octanol–water partition coefficient (Wildman–Crippen LogP) is 3.60. The van der Waals surface area contributed by atoms with Crippen LogP contribution in [0.25, 0.3) is 0 Å². The highest BCUT2D eigenvalue weighted by Gasteiger charge is 2.40. The van der Waals surface area contributed by atoms with E-state index < -0.39 is 5.60 Å². The van der Waals surface area contributed by atoms with E-state index in [1.165, 1.54) is 0 Å². The van der Waals surface area contributed by atoms with Gasteiger partial charge in [0.05, 0.1) is 19.8 Å². The Kier molecular flexibility index (Phi) is 4.53. The molecule has 0 saturated carbocycles. The molecule has 0 aliphatic carbocycles. The van der Waals surface area contributed by atoms with Gasteiger partial charge in [-0.15, -0.1) is 0 Å². The van der Waals surface area contributed by atoms with Crippen molar-refractivity contribution >= 4 is 0 Å². The van der Waals surface area contributed by atoms with Gasteiger partial charge in [-0.05, 0) is 23.6 Å². The van der Waals surface area contributed by atoms with Crippen LogP contribution in [0.15, 0.2) is 48.5 Å². The maximum absolute atomic E-state index is 11.5. The maximum Gasteiger partial charge on any atom is 0.129 e. The summed E-state index contributed by atoms with van der Waals surface area (Å²) in [4.78, 5) is 0. The van der Waals surface area contributed by atoms with Gasteiger partial charge in [0, 0.05) is 0 Å². The summed E-state index contributed by atoms with van der Waals surface area (Å²) in [6, 6.07) is 15.2. The minimum atomic E-state index is -1.18. The average Bonchev–Trinajstić information content (AvgIpc) is 2.53. The van der Waals surface area contributed by atoms with E-state index in [4.69, 9.17) is 9.47 Å². The molecule has 0 heterocycles. The van der Waals surface area contributed by atoms with E-state index in [2.05, 4.69) is 0 Å². The average molecular weight is 286 g/mol. The van der Waals surface area contributed by atoms with Crippen LogP contribution in [0.1, 0.15) is 25.0 Å². The van der Waals surface area contributed by atoms with Gasteiger partial charge >= 0.3 is 0 Å². The number of hydrogen-bond donors (Lipinski definition) is 1. The molecule has 1 N–H and O–H groups in total. The summed E-state index contributed by atoms with van der Waals surface area (Å²) in [5.41, 5.74) is 0.304. The zero-order chi connectivity index (χ0) is 15.5. The number of hydrogen-bond acceptors (Lipinski definition) is 3. The third kappa shape index (κ3) is 2.61. The van der Waals surface area contributed by atoms with E-state index in [1.807, 2.05) is 62.4 Å². The summed E-state index contributed by atoms with van der Waals surface area (Å²) in [6.07, 6.45) is 0. The highest BCUT2D eigenvalue weighted by molar-refractivity contribution is 5.53. The second-order valence-corrected chi connectivity index (χ2v) is 5.32. The Morgan fingerprint density at radius 1 is 0.857 bits per heavy atom. The Labute approximate surface area is 126 Å². The summed E-state index contributed by atoms with van der Waals surface area (Å²) in [5.74, 6) is 1.19. The van der Waals surface area contributed by atoms with Crippen LogP contribution in [0, 0.1) is 5.92 Å². The third-order valence-electron chi connectivity index (χ3n) is 3.86. The van der Waals surface area contributed by atoms with E-state index in [9.17, 15) is 5.11 Å². The lowest BCUT2D eigenvalue weighted by molar-refractivity contribution is 0.0271. The maximum atomic E-state index is 11.5. The minimum Gasteiger partial charge on any atom is -0.496 e. The molecule has 3 heteroatoms. The highest BCUT2D eigenvalue weighted by Crippen LogP contribution is 2.45. The molecule has 2 aromatic carbocycles. The molecule has 2 rings (SSSR count). The number of aliphatic hydroxyl groups is 1. The summed E-state index contributed by atoms with van der Waals surface area (Å²) in [5, 5.41) is 11.5. The molecular weight excluding hydrogens is 264 g/mol. The first-order valence-corrected chi connectivity index (χ1v) is 7.05. The number of methoxy groups -OCH3 is 2. The first-order chi connectivity index (χ1) is 10.1. The van der Waals surface area contributed by atoms with Crippen molar-refractivity contribution in [3.05, 3.63) is 59.7 Å². The van der Waals surface area contributed by atoms with Gasteiger partial charge < -0.3 is 14.6 Å². The Balaban J connectivity index is 2.75. The summed E-state index contributed by atoms with van der Waals surface area (Å²) >= 11 is 0. The van der Waals surface area contributed by atoms with Crippen LogP contribution >= 0.6 is 0 Å². The summed E-state index contributed by atoms with van der Waals surface area (Å²) in [6.45, 7) is 3.97. The van der Waals surface area contributed by atoms with Crippen molar-refractivity contribution in [3.63, 3.8) is 0 Å². The molecule has 0 aliphatic heterocycles. The van der Waals surface area contributed by atoms with Crippen LogP contribution in [0.4, 0.5) is 0 Å². The second kappa shape index (κ2) is 6.19. The Hall–Kier alpha value is -2.00. The van der Waals surface area contributed by atoms with Gasteiger partial charge in [-0.1, -0.05) is 50.2 Å². The molecule has 2 aromatic rings. The molecule has 3 nitrogen and oxygen atoms in total. The molecule has 1 atom stereocenters. The molecule has 21 heavy (non-hydrogen) atoms. The van der Waals surface area contributed by atoms with Crippen molar-refractivity contribution in [2.45, 2.75) is 19.4 Å². The largest absolute Gasteiger partial charge is 0.496 e. The monoisotopic (exact) mass is 286 g/mol. The minimum absolute atomic E-state index is 0.0508. The molecule has 0 aliphatic rings. The fourth-order valence-electron chi connectivity index (χ4n) is 2.69. The first-order valence-electron chi connectivity index (χ1n) is 7.05. The van der Waals surface area contributed by atoms with Gasteiger partial charge in [-0.25, -0.2) is 0 Å². The predicted molar refractivity (Wildman–Crippen MR) is 83.8 cm³/mol. The lowest BCUT2D eigenvalue weighted by Gasteiger charge is -2.35. The van der Waals surface area contributed by atoms with E-state index in [-0.39, 0.29) is 5.92 Å². The van der Waals surface area contributed by atoms with Gasteiger partial charge in [-0.3, -0.25) is 0 Å². The highest BCUT2D eigenvalue weighted by atomic mass is 16.5. The van der Waals surface area contributed by atoms with Crippen molar-refractivity contribution in [1.82, 2.24) is 0 Å². The summed E-state index contributed by atoms with van der Waals surface area (Å²) < 4.78 is 10.9. The van der Waals surface area contributed by atoms with Crippen molar-refractivity contribution in [2.24, 2.45) is 5.92 Å². The summed E-state index contributed by atoms with van der Waals surface area (Å²) in [7, 11) is 3.20. The van der Waals surface area contributed by atoms with E-state index in [0.29, 0.717) is 17.1 Å². The van der Waals surface area contributed by atoms with Crippen LogP contribution in [0.5, 0.6) is 11.5 Å². The van der Waals surface area contributed by atoms with Crippen molar-refractivity contribution in [1.29, 1.82) is 0 Å². The zero-order valence-corrected chi connectivity index (χ0v) is 13.0. The fraction of sp³-hybridized carbons (Fsp3) is 0.333. The Bertz CT molecular complexity index is 570. The normalized spacial score (nSPS) is 13.8.